The van der Waals surface area contributed by atoms with Crippen LogP contribution in [0.5, 0.6) is 0 Å². The van der Waals surface area contributed by atoms with Crippen molar-refractivity contribution in [2.45, 2.75) is 26.2 Å². The first-order chi connectivity index (χ1) is 9.19. The lowest BCUT2D eigenvalue weighted by Crippen LogP contribution is -2.26. The van der Waals surface area contributed by atoms with Crippen molar-refractivity contribution in [2.75, 3.05) is 18.5 Å². The van der Waals surface area contributed by atoms with Gasteiger partial charge in [0.05, 0.1) is 5.71 Å². The minimum atomic E-state index is 0.398. The van der Waals surface area contributed by atoms with E-state index < -0.39 is 0 Å². The van der Waals surface area contributed by atoms with Crippen molar-refractivity contribution in [1.29, 1.82) is 0 Å². The van der Waals surface area contributed by atoms with E-state index in [1.807, 2.05) is 0 Å². The highest BCUT2D eigenvalue weighted by Gasteiger charge is 2.23. The smallest absolute Gasteiger partial charge is 0.123 e. The molecule has 2 aliphatic rings. The van der Waals surface area contributed by atoms with Gasteiger partial charge in [-0.05, 0) is 36.1 Å². The standard InChI is InChI=1S/C15H20N4/c1-3-10-9-14(16)17-18-15(10)12-4-5-13-11(8-12)6-7-19(13)2/h4-5,8,10H,3,6-7,9H2,1-2H3,(H2,16,17). The number of fused-ring (bicyclic) bond motifs is 1. The van der Waals surface area contributed by atoms with E-state index in [9.17, 15) is 0 Å². The molecule has 0 aliphatic carbocycles. The number of anilines is 1. The van der Waals surface area contributed by atoms with Crippen LogP contribution in [0.25, 0.3) is 0 Å². The van der Waals surface area contributed by atoms with Gasteiger partial charge in [-0.3, -0.25) is 0 Å². The predicted molar refractivity (Wildman–Crippen MR) is 80.0 cm³/mol. The van der Waals surface area contributed by atoms with Crippen molar-refractivity contribution < 1.29 is 0 Å². The van der Waals surface area contributed by atoms with Crippen LogP contribution >= 0.6 is 0 Å². The van der Waals surface area contributed by atoms with Crippen LogP contribution in [0.15, 0.2) is 28.4 Å². The molecule has 100 valence electrons. The molecular formula is C15H20N4. The number of benzene rings is 1. The van der Waals surface area contributed by atoms with Crippen LogP contribution in [0.2, 0.25) is 0 Å². The van der Waals surface area contributed by atoms with E-state index in [1.54, 1.807) is 0 Å². The van der Waals surface area contributed by atoms with Gasteiger partial charge in [0.25, 0.3) is 0 Å². The largest absolute Gasteiger partial charge is 0.386 e. The van der Waals surface area contributed by atoms with Crippen molar-refractivity contribution in [3.63, 3.8) is 0 Å². The van der Waals surface area contributed by atoms with Crippen LogP contribution in [0.1, 0.15) is 30.9 Å². The quantitative estimate of drug-likeness (QED) is 0.881. The molecular weight excluding hydrogens is 236 g/mol. The van der Waals surface area contributed by atoms with E-state index in [4.69, 9.17) is 5.73 Å². The number of hydrogen-bond acceptors (Lipinski definition) is 4. The summed E-state index contributed by atoms with van der Waals surface area (Å²) in [6, 6.07) is 6.64. The third-order valence-corrected chi connectivity index (χ3v) is 4.12. The predicted octanol–water partition coefficient (Wildman–Crippen LogP) is 2.17. The summed E-state index contributed by atoms with van der Waals surface area (Å²) in [6.07, 6.45) is 2.99. The molecule has 0 radical (unpaired) electrons. The van der Waals surface area contributed by atoms with E-state index in [0.717, 1.165) is 31.5 Å². The lowest BCUT2D eigenvalue weighted by molar-refractivity contribution is 0.677. The summed E-state index contributed by atoms with van der Waals surface area (Å²) in [5, 5.41) is 8.41. The van der Waals surface area contributed by atoms with Crippen molar-refractivity contribution >= 4 is 17.2 Å². The Hall–Kier alpha value is -1.84. The Morgan fingerprint density at radius 3 is 3.00 bits per heavy atom. The molecule has 0 saturated carbocycles. The first kappa shape index (κ1) is 12.2. The minimum absolute atomic E-state index is 0.398. The topological polar surface area (TPSA) is 54.0 Å². The van der Waals surface area contributed by atoms with Gasteiger partial charge >= 0.3 is 0 Å². The molecule has 4 heteroatoms. The van der Waals surface area contributed by atoms with Crippen molar-refractivity contribution in [2.24, 2.45) is 21.9 Å². The van der Waals surface area contributed by atoms with Gasteiger partial charge in [-0.2, -0.15) is 5.10 Å². The van der Waals surface area contributed by atoms with E-state index in [0.29, 0.717) is 11.8 Å². The van der Waals surface area contributed by atoms with Crippen molar-refractivity contribution in [3.8, 4) is 0 Å². The molecule has 2 N–H and O–H groups in total. The lowest BCUT2D eigenvalue weighted by atomic mass is 9.89. The van der Waals surface area contributed by atoms with Gasteiger partial charge in [-0.1, -0.05) is 13.0 Å². The number of nitrogens with two attached hydrogens (primary N) is 1. The molecule has 1 aromatic carbocycles. The fraction of sp³-hybridized carbons (Fsp3) is 0.467. The zero-order valence-corrected chi connectivity index (χ0v) is 11.6. The molecule has 1 atom stereocenters. The third-order valence-electron chi connectivity index (χ3n) is 4.12. The number of rotatable bonds is 2. The SMILES string of the molecule is CCC1CC(N)=NN=C1c1ccc2c(c1)CCN2C. The maximum absolute atomic E-state index is 5.79. The number of amidine groups is 1. The Labute approximate surface area is 114 Å². The number of hydrogen-bond donors (Lipinski definition) is 1. The molecule has 4 nitrogen and oxygen atoms in total. The highest BCUT2D eigenvalue weighted by atomic mass is 15.2. The summed E-state index contributed by atoms with van der Waals surface area (Å²) in [5.74, 6) is 1.05. The molecule has 3 rings (SSSR count). The Morgan fingerprint density at radius 2 is 2.21 bits per heavy atom. The van der Waals surface area contributed by atoms with E-state index in [1.165, 1.54) is 16.8 Å². The second-order valence-electron chi connectivity index (χ2n) is 5.40. The molecule has 0 aromatic heterocycles. The number of likely N-dealkylation sites (N-methyl/N-ethyl adjacent to an activating group) is 1. The summed E-state index contributed by atoms with van der Waals surface area (Å²) in [5.41, 5.74) is 10.8. The summed E-state index contributed by atoms with van der Waals surface area (Å²) >= 11 is 0. The van der Waals surface area contributed by atoms with Crippen LogP contribution in [-0.4, -0.2) is 25.1 Å². The fourth-order valence-corrected chi connectivity index (χ4v) is 2.95. The maximum atomic E-state index is 5.79. The van der Waals surface area contributed by atoms with E-state index >= 15 is 0 Å². The van der Waals surface area contributed by atoms with Gasteiger partial charge in [-0.25, -0.2) is 0 Å². The molecule has 0 amide bonds. The summed E-state index contributed by atoms with van der Waals surface area (Å²) in [7, 11) is 2.14. The number of nitrogens with zero attached hydrogens (tertiary/aromatic N) is 3. The normalized spacial score (nSPS) is 22.0. The van der Waals surface area contributed by atoms with Crippen LogP contribution < -0.4 is 10.6 Å². The molecule has 0 spiro atoms. The Morgan fingerprint density at radius 1 is 1.37 bits per heavy atom. The molecule has 0 fully saturated rings. The highest BCUT2D eigenvalue weighted by Crippen LogP contribution is 2.29. The van der Waals surface area contributed by atoms with Gasteiger partial charge < -0.3 is 10.6 Å². The Balaban J connectivity index is 1.98. The zero-order valence-electron chi connectivity index (χ0n) is 11.6. The zero-order chi connectivity index (χ0) is 13.4. The maximum Gasteiger partial charge on any atom is 0.123 e. The van der Waals surface area contributed by atoms with Gasteiger partial charge in [0, 0.05) is 31.6 Å². The molecule has 19 heavy (non-hydrogen) atoms. The average molecular weight is 256 g/mol. The van der Waals surface area contributed by atoms with Crippen LogP contribution in [0.4, 0.5) is 5.69 Å². The Kier molecular flexibility index (Phi) is 3.01. The molecule has 0 saturated heterocycles. The molecule has 2 heterocycles. The molecule has 0 bridgehead atoms. The average Bonchev–Trinajstić information content (AvgIpc) is 2.79. The summed E-state index contributed by atoms with van der Waals surface area (Å²) in [4.78, 5) is 2.30. The van der Waals surface area contributed by atoms with Crippen molar-refractivity contribution in [1.82, 2.24) is 0 Å². The van der Waals surface area contributed by atoms with E-state index in [-0.39, 0.29) is 0 Å². The Bertz CT molecular complexity index is 559. The van der Waals surface area contributed by atoms with Crippen molar-refractivity contribution in [3.05, 3.63) is 29.3 Å². The van der Waals surface area contributed by atoms with Gasteiger partial charge in [-0.15, -0.1) is 5.10 Å². The minimum Gasteiger partial charge on any atom is -0.386 e. The molecule has 2 aliphatic heterocycles. The third kappa shape index (κ3) is 2.11. The van der Waals surface area contributed by atoms with Crippen LogP contribution in [0, 0.1) is 5.92 Å². The second-order valence-corrected chi connectivity index (χ2v) is 5.40. The van der Waals surface area contributed by atoms with E-state index in [2.05, 4.69) is 47.3 Å². The fourth-order valence-electron chi connectivity index (χ4n) is 2.95. The molecule has 1 aromatic rings. The van der Waals surface area contributed by atoms with Gasteiger partial charge in [0.15, 0.2) is 0 Å². The van der Waals surface area contributed by atoms with Crippen LogP contribution in [0.3, 0.4) is 0 Å². The van der Waals surface area contributed by atoms with Gasteiger partial charge in [0.2, 0.25) is 0 Å². The summed E-state index contributed by atoms with van der Waals surface area (Å²) < 4.78 is 0. The summed E-state index contributed by atoms with van der Waals surface area (Å²) in [6.45, 7) is 3.29. The second kappa shape index (κ2) is 4.68. The van der Waals surface area contributed by atoms with Crippen LogP contribution in [-0.2, 0) is 6.42 Å². The highest BCUT2D eigenvalue weighted by molar-refractivity contribution is 6.06. The monoisotopic (exact) mass is 256 g/mol. The first-order valence-corrected chi connectivity index (χ1v) is 6.93. The lowest BCUT2D eigenvalue weighted by Gasteiger charge is -2.20. The molecule has 1 unspecified atom stereocenters. The first-order valence-electron chi connectivity index (χ1n) is 6.93. The van der Waals surface area contributed by atoms with Gasteiger partial charge in [0.1, 0.15) is 5.84 Å².